The van der Waals surface area contributed by atoms with Crippen molar-refractivity contribution >= 4 is 40.3 Å². The van der Waals surface area contributed by atoms with Crippen molar-refractivity contribution in [1.29, 1.82) is 0 Å². The summed E-state index contributed by atoms with van der Waals surface area (Å²) in [6.45, 7) is -0.203. The first-order valence-electron chi connectivity index (χ1n) is 4.66. The van der Waals surface area contributed by atoms with E-state index in [-0.39, 0.29) is 35.4 Å². The molecular formula is C10H8F3IO3S. The first kappa shape index (κ1) is 15.4. The Hall–Kier alpha value is -0.640. The Labute approximate surface area is 119 Å². The highest BCUT2D eigenvalue weighted by molar-refractivity contribution is 14.1. The number of hydrogen-bond donors (Lipinski definition) is 1. The lowest BCUT2D eigenvalue weighted by atomic mass is 10.2. The first-order valence-corrected chi connectivity index (χ1v) is 6.72. The van der Waals surface area contributed by atoms with Gasteiger partial charge < -0.3 is 9.84 Å². The van der Waals surface area contributed by atoms with Gasteiger partial charge in [-0.15, -0.1) is 0 Å². The van der Waals surface area contributed by atoms with E-state index >= 15 is 0 Å². The predicted molar refractivity (Wildman–Crippen MR) is 70.1 cm³/mol. The summed E-state index contributed by atoms with van der Waals surface area (Å²) in [6, 6.07) is 4.46. The highest BCUT2D eigenvalue weighted by Gasteiger charge is 2.27. The van der Waals surface area contributed by atoms with Gasteiger partial charge in [-0.1, -0.05) is 0 Å². The first-order chi connectivity index (χ1) is 8.29. The van der Waals surface area contributed by atoms with E-state index in [0.717, 1.165) is 0 Å². The maximum Gasteiger partial charge on any atom is 0.441 e. The van der Waals surface area contributed by atoms with Crippen molar-refractivity contribution in [2.75, 3.05) is 12.4 Å². The summed E-state index contributed by atoms with van der Waals surface area (Å²) < 4.78 is 41.3. The van der Waals surface area contributed by atoms with Crippen LogP contribution >= 0.6 is 34.4 Å². The van der Waals surface area contributed by atoms with Gasteiger partial charge in [0.25, 0.3) is 0 Å². The third kappa shape index (κ3) is 5.34. The molecule has 100 valence electrons. The van der Waals surface area contributed by atoms with E-state index in [9.17, 15) is 18.0 Å². The van der Waals surface area contributed by atoms with E-state index < -0.39 is 11.5 Å². The van der Waals surface area contributed by atoms with Crippen LogP contribution in [-0.4, -0.2) is 28.9 Å². The molecule has 0 unspecified atom stereocenters. The molecule has 1 N–H and O–H groups in total. The summed E-state index contributed by atoms with van der Waals surface area (Å²) in [5.74, 6) is -1.38. The number of carboxylic acids is 1. The second kappa shape index (κ2) is 6.50. The largest absolute Gasteiger partial charge is 0.492 e. The zero-order valence-corrected chi connectivity index (χ0v) is 11.8. The molecule has 8 heteroatoms. The molecule has 0 saturated carbocycles. The van der Waals surface area contributed by atoms with Crippen molar-refractivity contribution in [3.05, 3.63) is 27.3 Å². The zero-order valence-electron chi connectivity index (χ0n) is 8.83. The molecule has 0 aliphatic rings. The van der Waals surface area contributed by atoms with Crippen molar-refractivity contribution in [2.45, 2.75) is 5.51 Å². The molecule has 1 aromatic rings. The van der Waals surface area contributed by atoms with Crippen molar-refractivity contribution in [1.82, 2.24) is 0 Å². The molecule has 0 spiro atoms. The maximum atomic E-state index is 11.9. The maximum absolute atomic E-state index is 11.9. The summed E-state index contributed by atoms with van der Waals surface area (Å²) >= 11 is 1.74. The molecule has 0 radical (unpaired) electrons. The van der Waals surface area contributed by atoms with Gasteiger partial charge >= 0.3 is 11.5 Å². The third-order valence-electron chi connectivity index (χ3n) is 1.78. The van der Waals surface area contributed by atoms with E-state index in [0.29, 0.717) is 3.57 Å². The summed E-state index contributed by atoms with van der Waals surface area (Å²) in [6.07, 6.45) is 0. The molecule has 0 fully saturated rings. The summed E-state index contributed by atoms with van der Waals surface area (Å²) in [5, 5.41) is 8.91. The Morgan fingerprint density at radius 1 is 1.44 bits per heavy atom. The van der Waals surface area contributed by atoms with Gasteiger partial charge in [0.1, 0.15) is 11.3 Å². The molecular weight excluding hydrogens is 384 g/mol. The van der Waals surface area contributed by atoms with Gasteiger partial charge in [0.05, 0.1) is 6.61 Å². The van der Waals surface area contributed by atoms with E-state index in [4.69, 9.17) is 9.84 Å². The Balaban J connectivity index is 2.59. The van der Waals surface area contributed by atoms with Gasteiger partial charge in [0, 0.05) is 9.32 Å². The second-order valence-corrected chi connectivity index (χ2v) is 5.49. The molecule has 1 rings (SSSR count). The van der Waals surface area contributed by atoms with Gasteiger partial charge in [-0.25, -0.2) is 4.79 Å². The number of thioether (sulfide) groups is 1. The van der Waals surface area contributed by atoms with E-state index in [1.165, 1.54) is 12.1 Å². The highest BCUT2D eigenvalue weighted by Crippen LogP contribution is 2.30. The van der Waals surface area contributed by atoms with Crippen LogP contribution in [0.3, 0.4) is 0 Å². The lowest BCUT2D eigenvalue weighted by molar-refractivity contribution is -0.0329. The predicted octanol–water partition coefficient (Wildman–Crippen LogP) is 3.62. The van der Waals surface area contributed by atoms with Gasteiger partial charge in [-0.05, 0) is 52.6 Å². The van der Waals surface area contributed by atoms with E-state index in [1.54, 1.807) is 6.07 Å². The second-order valence-electron chi connectivity index (χ2n) is 3.09. The lowest BCUT2D eigenvalue weighted by Crippen LogP contribution is -2.09. The highest BCUT2D eigenvalue weighted by atomic mass is 127. The molecule has 18 heavy (non-hydrogen) atoms. The van der Waals surface area contributed by atoms with Crippen LogP contribution < -0.4 is 4.74 Å². The van der Waals surface area contributed by atoms with Gasteiger partial charge in [0.2, 0.25) is 0 Å². The van der Waals surface area contributed by atoms with E-state index in [2.05, 4.69) is 0 Å². The standard InChI is InChI=1S/C10H8F3IO3S/c11-10(12,13)18-4-3-17-8-2-1-6(14)5-7(8)9(15)16/h1-2,5H,3-4H2,(H,15,16). The molecule has 0 saturated heterocycles. The van der Waals surface area contributed by atoms with Crippen LogP contribution in [0.25, 0.3) is 0 Å². The van der Waals surface area contributed by atoms with Gasteiger partial charge in [-0.3, -0.25) is 0 Å². The molecule has 0 heterocycles. The van der Waals surface area contributed by atoms with Gasteiger partial charge in [0.15, 0.2) is 0 Å². The molecule has 0 atom stereocenters. The fourth-order valence-corrected chi connectivity index (χ4v) is 1.99. The summed E-state index contributed by atoms with van der Waals surface area (Å²) in [5.41, 5.74) is -4.36. The fraction of sp³-hybridized carbons (Fsp3) is 0.300. The minimum atomic E-state index is -4.30. The van der Waals surface area contributed by atoms with Crippen molar-refractivity contribution in [3.8, 4) is 5.75 Å². The van der Waals surface area contributed by atoms with Crippen LogP contribution in [0.4, 0.5) is 13.2 Å². The Bertz CT molecular complexity index is 437. The summed E-state index contributed by atoms with van der Waals surface area (Å²) in [7, 11) is 0. The van der Waals surface area contributed by atoms with E-state index in [1.807, 2.05) is 22.6 Å². The number of ether oxygens (including phenoxy) is 1. The third-order valence-corrected chi connectivity index (χ3v) is 3.15. The molecule has 0 aromatic heterocycles. The monoisotopic (exact) mass is 392 g/mol. The Morgan fingerprint density at radius 3 is 2.67 bits per heavy atom. The van der Waals surface area contributed by atoms with Crippen LogP contribution in [0, 0.1) is 3.57 Å². The number of carbonyl (C=O) groups is 1. The Kier molecular flexibility index (Phi) is 5.57. The van der Waals surface area contributed by atoms with Crippen molar-refractivity contribution in [2.24, 2.45) is 0 Å². The molecule has 3 nitrogen and oxygen atoms in total. The van der Waals surface area contributed by atoms with Crippen molar-refractivity contribution in [3.63, 3.8) is 0 Å². The molecule has 1 aromatic carbocycles. The average Bonchev–Trinajstić information content (AvgIpc) is 2.24. The minimum Gasteiger partial charge on any atom is -0.492 e. The topological polar surface area (TPSA) is 46.5 Å². The van der Waals surface area contributed by atoms with Crippen LogP contribution in [0.5, 0.6) is 5.75 Å². The Morgan fingerprint density at radius 2 is 2.11 bits per heavy atom. The lowest BCUT2D eigenvalue weighted by Gasteiger charge is -2.10. The number of halogens is 4. The molecule has 0 bridgehead atoms. The SMILES string of the molecule is O=C(O)c1cc(I)ccc1OCCSC(F)(F)F. The normalized spacial score (nSPS) is 11.3. The average molecular weight is 392 g/mol. The number of carboxylic acid groups (broad SMARTS) is 1. The van der Waals surface area contributed by atoms with Crippen LogP contribution in [0.2, 0.25) is 0 Å². The molecule has 0 aliphatic heterocycles. The number of aromatic carboxylic acids is 1. The quantitative estimate of drug-likeness (QED) is 0.615. The van der Waals surface area contributed by atoms with Crippen LogP contribution in [0.15, 0.2) is 18.2 Å². The number of alkyl halides is 3. The number of rotatable bonds is 5. The van der Waals surface area contributed by atoms with Gasteiger partial charge in [-0.2, -0.15) is 13.2 Å². The molecule has 0 aliphatic carbocycles. The zero-order chi connectivity index (χ0) is 13.8. The molecule has 0 amide bonds. The van der Waals surface area contributed by atoms with Crippen LogP contribution in [-0.2, 0) is 0 Å². The number of benzene rings is 1. The number of hydrogen-bond acceptors (Lipinski definition) is 3. The smallest absolute Gasteiger partial charge is 0.441 e. The van der Waals surface area contributed by atoms with Crippen LogP contribution in [0.1, 0.15) is 10.4 Å². The summed E-state index contributed by atoms with van der Waals surface area (Å²) in [4.78, 5) is 10.9. The minimum absolute atomic E-state index is 0.0566. The van der Waals surface area contributed by atoms with Crippen molar-refractivity contribution < 1.29 is 27.8 Å². The fourth-order valence-electron chi connectivity index (χ4n) is 1.10.